The highest BCUT2D eigenvalue weighted by molar-refractivity contribution is 7.89. The molecule has 1 amide bonds. The monoisotopic (exact) mass is 508 g/mol. The van der Waals surface area contributed by atoms with Crippen molar-refractivity contribution in [2.24, 2.45) is 0 Å². The average molecular weight is 509 g/mol. The number of thiazole rings is 1. The van der Waals surface area contributed by atoms with E-state index in [0.717, 1.165) is 10.2 Å². The van der Waals surface area contributed by atoms with Gasteiger partial charge in [0.1, 0.15) is 11.8 Å². The van der Waals surface area contributed by atoms with Gasteiger partial charge in [0, 0.05) is 12.7 Å². The van der Waals surface area contributed by atoms with Crippen LogP contribution in [0.25, 0.3) is 10.2 Å². The number of ether oxygens (including phenoxy) is 1. The second-order valence-corrected chi connectivity index (χ2v) is 11.1. The van der Waals surface area contributed by atoms with Crippen molar-refractivity contribution >= 4 is 42.6 Å². The number of hydrogen-bond donors (Lipinski definition) is 0. The van der Waals surface area contributed by atoms with Gasteiger partial charge in [-0.05, 0) is 61.4 Å². The van der Waals surface area contributed by atoms with Crippen molar-refractivity contribution in [3.63, 3.8) is 0 Å². The Labute approximate surface area is 207 Å². The predicted octanol–water partition coefficient (Wildman–Crippen LogP) is 4.09. The number of rotatable bonds is 7. The smallest absolute Gasteiger partial charge is 0.247 e. The van der Waals surface area contributed by atoms with E-state index in [1.165, 1.54) is 34.9 Å². The highest BCUT2D eigenvalue weighted by Gasteiger charge is 2.42. The van der Waals surface area contributed by atoms with Crippen molar-refractivity contribution in [3.8, 4) is 5.75 Å². The molecule has 1 aliphatic rings. The number of methoxy groups -OCH3 is 1. The normalized spacial score (nSPS) is 16.4. The number of nitrogens with zero attached hydrogens (tertiary/aromatic N) is 4. The van der Waals surface area contributed by atoms with E-state index in [2.05, 4.69) is 9.97 Å². The number of amides is 1. The summed E-state index contributed by atoms with van der Waals surface area (Å²) in [4.78, 5) is 24.7. The molecule has 0 spiro atoms. The Balaban J connectivity index is 1.50. The molecular formula is C25H24N4O4S2. The SMILES string of the molecule is COc1ccc(S(=O)(=O)N2CCCC2C(=O)N(Cc2ccccn2)c2nc3ccccc3s2)cc1. The molecule has 1 atom stereocenters. The molecule has 2 aromatic carbocycles. The lowest BCUT2D eigenvalue weighted by molar-refractivity contribution is -0.121. The molecule has 5 rings (SSSR count). The van der Waals surface area contributed by atoms with Crippen molar-refractivity contribution in [1.82, 2.24) is 14.3 Å². The van der Waals surface area contributed by atoms with E-state index in [4.69, 9.17) is 4.74 Å². The summed E-state index contributed by atoms with van der Waals surface area (Å²) in [6, 6.07) is 18.6. The highest BCUT2D eigenvalue weighted by atomic mass is 32.2. The number of fused-ring (bicyclic) bond motifs is 1. The van der Waals surface area contributed by atoms with E-state index in [0.29, 0.717) is 29.4 Å². The molecule has 35 heavy (non-hydrogen) atoms. The number of para-hydroxylation sites is 1. The van der Waals surface area contributed by atoms with E-state index < -0.39 is 16.1 Å². The van der Waals surface area contributed by atoms with Gasteiger partial charge in [0.05, 0.1) is 34.5 Å². The van der Waals surface area contributed by atoms with Crippen LogP contribution >= 0.6 is 11.3 Å². The molecule has 2 aromatic heterocycles. The molecule has 180 valence electrons. The summed E-state index contributed by atoms with van der Waals surface area (Å²) in [6.07, 6.45) is 2.72. The molecule has 1 unspecified atom stereocenters. The fraction of sp³-hybridized carbons (Fsp3) is 0.240. The quantitative estimate of drug-likeness (QED) is 0.373. The molecule has 10 heteroatoms. The van der Waals surface area contributed by atoms with Gasteiger partial charge >= 0.3 is 0 Å². The van der Waals surface area contributed by atoms with Crippen LogP contribution in [0, 0.1) is 0 Å². The predicted molar refractivity (Wildman–Crippen MR) is 135 cm³/mol. The van der Waals surface area contributed by atoms with Gasteiger partial charge in [0.2, 0.25) is 15.9 Å². The first-order chi connectivity index (χ1) is 17.0. The number of anilines is 1. The maximum absolute atomic E-state index is 14.0. The largest absolute Gasteiger partial charge is 0.497 e. The minimum absolute atomic E-state index is 0.134. The van der Waals surface area contributed by atoms with Crippen LogP contribution in [0.3, 0.4) is 0 Å². The number of hydrogen-bond acceptors (Lipinski definition) is 7. The third kappa shape index (κ3) is 4.64. The summed E-state index contributed by atoms with van der Waals surface area (Å²) in [6.45, 7) is 0.481. The number of sulfonamides is 1. The molecule has 0 N–H and O–H groups in total. The van der Waals surface area contributed by atoms with Crippen LogP contribution in [-0.4, -0.2) is 48.3 Å². The minimum atomic E-state index is -3.87. The van der Waals surface area contributed by atoms with Gasteiger partial charge < -0.3 is 4.74 Å². The standard InChI is InChI=1S/C25H24N4O4S2/c1-33-19-11-13-20(14-12-19)35(31,32)29-16-6-9-22(29)24(30)28(17-18-7-4-5-15-26-18)25-27-21-8-2-3-10-23(21)34-25/h2-5,7-8,10-15,22H,6,9,16-17H2,1H3. The van der Waals surface area contributed by atoms with E-state index in [1.54, 1.807) is 23.2 Å². The Hall–Kier alpha value is -3.34. The number of carbonyl (C=O) groups excluding carboxylic acids is 1. The molecule has 8 nitrogen and oxygen atoms in total. The first kappa shape index (κ1) is 23.4. The van der Waals surface area contributed by atoms with Gasteiger partial charge in [-0.1, -0.05) is 29.5 Å². The third-order valence-corrected chi connectivity index (χ3v) is 8.96. The number of benzene rings is 2. The van der Waals surface area contributed by atoms with Gasteiger partial charge in [0.25, 0.3) is 0 Å². The van der Waals surface area contributed by atoms with Crippen LogP contribution in [0.15, 0.2) is 77.8 Å². The summed E-state index contributed by atoms with van der Waals surface area (Å²) in [5, 5.41) is 0.524. The summed E-state index contributed by atoms with van der Waals surface area (Å²) in [5.41, 5.74) is 1.49. The Morgan fingerprint density at radius 3 is 2.60 bits per heavy atom. The lowest BCUT2D eigenvalue weighted by Gasteiger charge is -2.28. The second-order valence-electron chi connectivity index (χ2n) is 8.16. The summed E-state index contributed by atoms with van der Waals surface area (Å²) in [5.74, 6) is 0.264. The maximum atomic E-state index is 14.0. The lowest BCUT2D eigenvalue weighted by Crippen LogP contribution is -2.47. The van der Waals surface area contributed by atoms with Gasteiger partial charge in [0.15, 0.2) is 5.13 Å². The Bertz CT molecular complexity index is 1410. The van der Waals surface area contributed by atoms with Crippen LogP contribution in [-0.2, 0) is 21.4 Å². The minimum Gasteiger partial charge on any atom is -0.497 e. The third-order valence-electron chi connectivity index (χ3n) is 5.98. The topological polar surface area (TPSA) is 92.7 Å². The molecular weight excluding hydrogens is 484 g/mol. The summed E-state index contributed by atoms with van der Waals surface area (Å²) < 4.78 is 34.4. The van der Waals surface area contributed by atoms with E-state index in [1.807, 2.05) is 42.5 Å². The van der Waals surface area contributed by atoms with E-state index >= 15 is 0 Å². The summed E-state index contributed by atoms with van der Waals surface area (Å²) >= 11 is 1.41. The zero-order chi connectivity index (χ0) is 24.4. The van der Waals surface area contributed by atoms with E-state index in [9.17, 15) is 13.2 Å². The number of aromatic nitrogens is 2. The van der Waals surface area contributed by atoms with E-state index in [-0.39, 0.29) is 23.9 Å². The van der Waals surface area contributed by atoms with Crippen molar-refractivity contribution < 1.29 is 17.9 Å². The van der Waals surface area contributed by atoms with Crippen LogP contribution in [0.1, 0.15) is 18.5 Å². The fourth-order valence-electron chi connectivity index (χ4n) is 4.21. The molecule has 0 saturated carbocycles. The maximum Gasteiger partial charge on any atom is 0.247 e. The highest BCUT2D eigenvalue weighted by Crippen LogP contribution is 2.33. The molecule has 4 aromatic rings. The Morgan fingerprint density at radius 1 is 1.11 bits per heavy atom. The number of carbonyl (C=O) groups is 1. The van der Waals surface area contributed by atoms with Gasteiger partial charge in [-0.2, -0.15) is 4.31 Å². The van der Waals surface area contributed by atoms with Crippen LogP contribution < -0.4 is 9.64 Å². The Kier molecular flexibility index (Phi) is 6.50. The zero-order valence-corrected chi connectivity index (χ0v) is 20.7. The second kappa shape index (κ2) is 9.73. The average Bonchev–Trinajstić information content (AvgIpc) is 3.55. The van der Waals surface area contributed by atoms with Crippen LogP contribution in [0.4, 0.5) is 5.13 Å². The van der Waals surface area contributed by atoms with Crippen molar-refractivity contribution in [1.29, 1.82) is 0 Å². The molecule has 0 aliphatic carbocycles. The fourth-order valence-corrected chi connectivity index (χ4v) is 6.83. The van der Waals surface area contributed by atoms with Gasteiger partial charge in [-0.15, -0.1) is 0 Å². The van der Waals surface area contributed by atoms with Crippen molar-refractivity contribution in [3.05, 3.63) is 78.6 Å². The lowest BCUT2D eigenvalue weighted by atomic mass is 10.2. The first-order valence-electron chi connectivity index (χ1n) is 11.2. The van der Waals surface area contributed by atoms with Crippen LogP contribution in [0.2, 0.25) is 0 Å². The van der Waals surface area contributed by atoms with Crippen molar-refractivity contribution in [2.45, 2.75) is 30.3 Å². The zero-order valence-electron chi connectivity index (χ0n) is 19.1. The molecule has 1 fully saturated rings. The Morgan fingerprint density at radius 2 is 1.89 bits per heavy atom. The molecule has 0 radical (unpaired) electrons. The molecule has 1 aliphatic heterocycles. The molecule has 1 saturated heterocycles. The molecule has 3 heterocycles. The number of pyridine rings is 1. The van der Waals surface area contributed by atoms with Gasteiger partial charge in [-0.3, -0.25) is 14.7 Å². The first-order valence-corrected chi connectivity index (χ1v) is 13.5. The van der Waals surface area contributed by atoms with Crippen molar-refractivity contribution in [2.75, 3.05) is 18.6 Å². The van der Waals surface area contributed by atoms with Gasteiger partial charge in [-0.25, -0.2) is 13.4 Å². The summed E-state index contributed by atoms with van der Waals surface area (Å²) in [7, 11) is -2.35. The molecule has 0 bridgehead atoms. The van der Waals surface area contributed by atoms with Crippen LogP contribution in [0.5, 0.6) is 5.75 Å².